The maximum Gasteiger partial charge on any atom is 0.239 e. The highest BCUT2D eigenvalue weighted by Gasteiger charge is 2.30. The highest BCUT2D eigenvalue weighted by molar-refractivity contribution is 14.0. The number of likely N-dealkylation sites (tertiary alicyclic amines) is 1. The lowest BCUT2D eigenvalue weighted by atomic mass is 10.2. The fourth-order valence-electron chi connectivity index (χ4n) is 3.76. The van der Waals surface area contributed by atoms with Crippen molar-refractivity contribution in [1.82, 2.24) is 20.0 Å². The number of carbonyl (C=O) groups excluding carboxylic acids is 1. The van der Waals surface area contributed by atoms with Crippen LogP contribution >= 0.6 is 35.3 Å². The molecule has 0 saturated carbocycles. The van der Waals surface area contributed by atoms with Crippen LogP contribution in [0, 0.1) is 0 Å². The van der Waals surface area contributed by atoms with Gasteiger partial charge in [-0.1, -0.05) is 6.07 Å². The predicted octanol–water partition coefficient (Wildman–Crippen LogP) is 2.11. The molecule has 0 bridgehead atoms. The van der Waals surface area contributed by atoms with Gasteiger partial charge in [0.2, 0.25) is 5.91 Å². The molecular formula is C19H32IN5OS. The van der Waals surface area contributed by atoms with E-state index in [1.165, 1.54) is 4.88 Å². The predicted molar refractivity (Wildman–Crippen MR) is 123 cm³/mol. The van der Waals surface area contributed by atoms with Gasteiger partial charge in [0.1, 0.15) is 0 Å². The van der Waals surface area contributed by atoms with E-state index in [2.05, 4.69) is 44.5 Å². The van der Waals surface area contributed by atoms with Crippen molar-refractivity contribution in [3.8, 4) is 0 Å². The van der Waals surface area contributed by atoms with E-state index in [1.54, 1.807) is 11.3 Å². The molecule has 2 aliphatic rings. The fourth-order valence-corrected chi connectivity index (χ4v) is 4.47. The Morgan fingerprint density at radius 1 is 1.19 bits per heavy atom. The fraction of sp³-hybridized carbons (Fsp3) is 0.684. The van der Waals surface area contributed by atoms with Crippen molar-refractivity contribution in [2.75, 3.05) is 52.9 Å². The van der Waals surface area contributed by atoms with Crippen LogP contribution in [0.5, 0.6) is 0 Å². The van der Waals surface area contributed by atoms with Gasteiger partial charge >= 0.3 is 0 Å². The number of nitrogens with zero attached hydrogens (tertiary/aromatic N) is 4. The number of aliphatic imine (C=N–C) groups is 1. The number of piperazine rings is 1. The molecule has 2 aliphatic heterocycles. The van der Waals surface area contributed by atoms with E-state index < -0.39 is 0 Å². The second-order valence-corrected chi connectivity index (χ2v) is 8.07. The van der Waals surface area contributed by atoms with Gasteiger partial charge in [0, 0.05) is 57.7 Å². The lowest BCUT2D eigenvalue weighted by Gasteiger charge is -2.39. The second-order valence-electron chi connectivity index (χ2n) is 7.03. The van der Waals surface area contributed by atoms with Crippen LogP contribution in [0.3, 0.4) is 0 Å². The van der Waals surface area contributed by atoms with Gasteiger partial charge in [0.25, 0.3) is 0 Å². The quantitative estimate of drug-likeness (QED) is 0.379. The monoisotopic (exact) mass is 505 g/mol. The van der Waals surface area contributed by atoms with Gasteiger partial charge < -0.3 is 15.1 Å². The Bertz CT molecular complexity index is 595. The summed E-state index contributed by atoms with van der Waals surface area (Å²) < 4.78 is 0. The van der Waals surface area contributed by atoms with E-state index in [0.29, 0.717) is 5.91 Å². The zero-order valence-corrected chi connectivity index (χ0v) is 19.5. The van der Waals surface area contributed by atoms with Gasteiger partial charge in [0.15, 0.2) is 5.96 Å². The highest BCUT2D eigenvalue weighted by atomic mass is 127. The van der Waals surface area contributed by atoms with Crippen molar-refractivity contribution in [2.24, 2.45) is 4.99 Å². The summed E-state index contributed by atoms with van der Waals surface area (Å²) in [6, 6.07) is 4.26. The van der Waals surface area contributed by atoms with Crippen LogP contribution in [0.15, 0.2) is 22.5 Å². The molecule has 1 atom stereocenters. The zero-order valence-electron chi connectivity index (χ0n) is 16.4. The van der Waals surface area contributed by atoms with Crippen LogP contribution in [0.1, 0.15) is 24.6 Å². The van der Waals surface area contributed by atoms with E-state index in [0.717, 1.165) is 71.0 Å². The van der Waals surface area contributed by atoms with Crippen molar-refractivity contribution < 1.29 is 4.79 Å². The summed E-state index contributed by atoms with van der Waals surface area (Å²) in [4.78, 5) is 25.1. The first-order valence-corrected chi connectivity index (χ1v) is 10.6. The third kappa shape index (κ3) is 6.05. The molecule has 1 amide bonds. The van der Waals surface area contributed by atoms with E-state index in [1.807, 2.05) is 11.9 Å². The third-order valence-electron chi connectivity index (χ3n) is 5.38. The molecule has 3 rings (SSSR count). The van der Waals surface area contributed by atoms with Crippen LogP contribution in [-0.2, 0) is 11.2 Å². The molecular weight excluding hydrogens is 473 g/mol. The van der Waals surface area contributed by atoms with Crippen molar-refractivity contribution in [2.45, 2.75) is 32.2 Å². The van der Waals surface area contributed by atoms with Crippen LogP contribution in [0.2, 0.25) is 0 Å². The van der Waals surface area contributed by atoms with Crippen LogP contribution in [0.4, 0.5) is 0 Å². The van der Waals surface area contributed by atoms with Gasteiger partial charge in [0.05, 0.1) is 6.04 Å². The Labute approximate surface area is 184 Å². The summed E-state index contributed by atoms with van der Waals surface area (Å²) in [5.41, 5.74) is 0. The minimum absolute atomic E-state index is 0. The smallest absolute Gasteiger partial charge is 0.239 e. The van der Waals surface area contributed by atoms with Gasteiger partial charge in [-0.25, -0.2) is 0 Å². The van der Waals surface area contributed by atoms with Gasteiger partial charge in [-0.2, -0.15) is 0 Å². The number of rotatable bonds is 5. The first-order valence-electron chi connectivity index (χ1n) is 9.70. The Kier molecular flexibility index (Phi) is 9.31. The van der Waals surface area contributed by atoms with E-state index in [4.69, 9.17) is 0 Å². The van der Waals surface area contributed by atoms with Gasteiger partial charge in [-0.05, 0) is 37.6 Å². The molecule has 0 spiro atoms. The topological polar surface area (TPSA) is 51.2 Å². The Morgan fingerprint density at radius 3 is 2.48 bits per heavy atom. The van der Waals surface area contributed by atoms with Gasteiger partial charge in [-0.3, -0.25) is 14.7 Å². The molecule has 0 aromatic carbocycles. The molecule has 1 aromatic heterocycles. The first-order chi connectivity index (χ1) is 12.7. The van der Waals surface area contributed by atoms with Crippen LogP contribution in [0.25, 0.3) is 0 Å². The Morgan fingerprint density at radius 2 is 1.89 bits per heavy atom. The number of hydrogen-bond acceptors (Lipinski definition) is 4. The molecule has 2 fully saturated rings. The molecule has 2 saturated heterocycles. The number of carbonyl (C=O) groups is 1. The average molecular weight is 505 g/mol. The van der Waals surface area contributed by atoms with Crippen LogP contribution in [-0.4, -0.2) is 85.5 Å². The number of amides is 1. The average Bonchev–Trinajstić information content (AvgIpc) is 3.38. The van der Waals surface area contributed by atoms with Crippen molar-refractivity contribution in [3.05, 3.63) is 22.4 Å². The van der Waals surface area contributed by atoms with Crippen LogP contribution < -0.4 is 5.32 Å². The molecule has 1 N–H and O–H groups in total. The SMILES string of the molecule is CN=C(NCCc1cccs1)N1CCN(C(C)C(=O)N2CCCC2)CC1.I. The largest absolute Gasteiger partial charge is 0.356 e. The summed E-state index contributed by atoms with van der Waals surface area (Å²) in [6.45, 7) is 8.47. The molecule has 152 valence electrons. The zero-order chi connectivity index (χ0) is 18.4. The van der Waals surface area contributed by atoms with Crippen molar-refractivity contribution in [3.63, 3.8) is 0 Å². The summed E-state index contributed by atoms with van der Waals surface area (Å²) in [7, 11) is 1.85. The van der Waals surface area contributed by atoms with E-state index >= 15 is 0 Å². The minimum Gasteiger partial charge on any atom is -0.356 e. The Hall–Kier alpha value is -0.870. The number of guanidine groups is 1. The summed E-state index contributed by atoms with van der Waals surface area (Å²) in [5.74, 6) is 1.27. The molecule has 27 heavy (non-hydrogen) atoms. The maximum atomic E-state index is 12.6. The normalized spacial score (nSPS) is 19.7. The maximum absolute atomic E-state index is 12.6. The number of halogens is 1. The molecule has 8 heteroatoms. The summed E-state index contributed by atoms with van der Waals surface area (Å²) >= 11 is 1.80. The number of hydrogen-bond donors (Lipinski definition) is 1. The Balaban J connectivity index is 0.00000261. The lowest BCUT2D eigenvalue weighted by Crippen LogP contribution is -2.57. The molecule has 6 nitrogen and oxygen atoms in total. The highest BCUT2D eigenvalue weighted by Crippen LogP contribution is 2.14. The molecule has 0 aliphatic carbocycles. The molecule has 3 heterocycles. The van der Waals surface area contributed by atoms with Crippen molar-refractivity contribution >= 4 is 47.2 Å². The molecule has 1 unspecified atom stereocenters. The molecule has 1 aromatic rings. The summed E-state index contributed by atoms with van der Waals surface area (Å²) in [6.07, 6.45) is 3.33. The van der Waals surface area contributed by atoms with Crippen molar-refractivity contribution in [1.29, 1.82) is 0 Å². The standard InChI is InChI=1S/C19H31N5OS.HI/c1-16(18(25)23-9-3-4-10-23)22-11-13-24(14-12-22)19(20-2)21-8-7-17-6-5-15-26-17;/h5-6,15-16H,3-4,7-14H2,1-2H3,(H,20,21);1H. The van der Waals surface area contributed by atoms with E-state index in [-0.39, 0.29) is 30.0 Å². The first kappa shape index (κ1) is 22.4. The minimum atomic E-state index is -0.0101. The number of thiophene rings is 1. The lowest BCUT2D eigenvalue weighted by molar-refractivity contribution is -0.135. The third-order valence-corrected chi connectivity index (χ3v) is 6.32. The molecule has 0 radical (unpaired) electrons. The van der Waals surface area contributed by atoms with Gasteiger partial charge in [-0.15, -0.1) is 35.3 Å². The number of nitrogens with one attached hydrogen (secondary N) is 1. The summed E-state index contributed by atoms with van der Waals surface area (Å²) in [5, 5.41) is 5.60. The van der Waals surface area contributed by atoms with E-state index in [9.17, 15) is 4.79 Å². The second kappa shape index (κ2) is 11.2.